The summed E-state index contributed by atoms with van der Waals surface area (Å²) in [6.45, 7) is 0. The molecule has 0 spiro atoms. The van der Waals surface area contributed by atoms with Crippen molar-refractivity contribution in [2.45, 2.75) is 18.9 Å². The van der Waals surface area contributed by atoms with Gasteiger partial charge in [0.25, 0.3) is 5.56 Å². The molecule has 1 aliphatic rings. The van der Waals surface area contributed by atoms with E-state index in [0.29, 0.717) is 17.5 Å². The highest BCUT2D eigenvalue weighted by molar-refractivity contribution is 9.10. The Morgan fingerprint density at radius 1 is 1.50 bits per heavy atom. The van der Waals surface area contributed by atoms with Crippen molar-refractivity contribution in [1.82, 2.24) is 14.3 Å². The average Bonchev–Trinajstić information content (AvgIpc) is 3.07. The van der Waals surface area contributed by atoms with Gasteiger partial charge < -0.3 is 9.88 Å². The minimum Gasteiger partial charge on any atom is -0.334 e. The van der Waals surface area contributed by atoms with Gasteiger partial charge in [-0.25, -0.2) is 0 Å². The van der Waals surface area contributed by atoms with E-state index in [1.54, 1.807) is 19.3 Å². The first-order valence-corrected chi connectivity index (χ1v) is 6.61. The Kier molecular flexibility index (Phi) is 2.74. The first-order chi connectivity index (χ1) is 8.63. The monoisotopic (exact) mass is 308 g/mol. The first-order valence-electron chi connectivity index (χ1n) is 5.82. The quantitative estimate of drug-likeness (QED) is 0.947. The molecule has 3 rings (SSSR count). The van der Waals surface area contributed by atoms with E-state index in [0.717, 1.165) is 4.47 Å². The van der Waals surface area contributed by atoms with Crippen LogP contribution in [0.3, 0.4) is 0 Å². The van der Waals surface area contributed by atoms with Gasteiger partial charge in [-0.3, -0.25) is 9.48 Å². The van der Waals surface area contributed by atoms with Crippen molar-refractivity contribution in [1.29, 1.82) is 0 Å². The van der Waals surface area contributed by atoms with Crippen LogP contribution in [-0.4, -0.2) is 14.3 Å². The van der Waals surface area contributed by atoms with Gasteiger partial charge in [0.1, 0.15) is 5.69 Å². The van der Waals surface area contributed by atoms with Crippen LogP contribution in [0.4, 0.5) is 11.5 Å². The number of hydrogen-bond donors (Lipinski definition) is 1. The van der Waals surface area contributed by atoms with E-state index in [1.165, 1.54) is 17.4 Å². The maximum atomic E-state index is 11.9. The van der Waals surface area contributed by atoms with E-state index >= 15 is 0 Å². The summed E-state index contributed by atoms with van der Waals surface area (Å²) < 4.78 is 4.34. The van der Waals surface area contributed by atoms with E-state index in [1.807, 2.05) is 16.9 Å². The van der Waals surface area contributed by atoms with Gasteiger partial charge >= 0.3 is 0 Å². The lowest BCUT2D eigenvalue weighted by atomic mass is 10.4. The number of aromatic nitrogens is 3. The third-order valence-electron chi connectivity index (χ3n) is 2.94. The summed E-state index contributed by atoms with van der Waals surface area (Å²) >= 11 is 3.37. The zero-order valence-electron chi connectivity index (χ0n) is 9.93. The van der Waals surface area contributed by atoms with Crippen LogP contribution in [0.1, 0.15) is 18.9 Å². The molecular weight excluding hydrogens is 296 g/mol. The molecule has 0 aromatic carbocycles. The Morgan fingerprint density at radius 2 is 2.28 bits per heavy atom. The molecule has 0 saturated heterocycles. The number of nitrogens with zero attached hydrogens (tertiary/aromatic N) is 3. The predicted octanol–water partition coefficient (Wildman–Crippen LogP) is 2.42. The fourth-order valence-corrected chi connectivity index (χ4v) is 2.38. The molecule has 2 heterocycles. The molecule has 1 N–H and O–H groups in total. The normalized spacial score (nSPS) is 14.8. The largest absolute Gasteiger partial charge is 0.334 e. The van der Waals surface area contributed by atoms with Crippen molar-refractivity contribution in [3.8, 4) is 0 Å². The molecule has 2 aromatic heterocycles. The number of hydrogen-bond acceptors (Lipinski definition) is 3. The van der Waals surface area contributed by atoms with E-state index in [9.17, 15) is 4.79 Å². The molecule has 94 valence electrons. The van der Waals surface area contributed by atoms with Gasteiger partial charge in [0.15, 0.2) is 5.82 Å². The summed E-state index contributed by atoms with van der Waals surface area (Å²) in [6, 6.07) is 4.20. The fraction of sp³-hybridized carbons (Fsp3) is 0.333. The second kappa shape index (κ2) is 4.28. The number of aryl methyl sites for hydroxylation is 1. The summed E-state index contributed by atoms with van der Waals surface area (Å²) in [5.41, 5.74) is 0.451. The van der Waals surface area contributed by atoms with E-state index < -0.39 is 0 Å². The Morgan fingerprint density at radius 3 is 3.00 bits per heavy atom. The highest BCUT2D eigenvalue weighted by Crippen LogP contribution is 2.34. The summed E-state index contributed by atoms with van der Waals surface area (Å²) in [5, 5.41) is 7.47. The van der Waals surface area contributed by atoms with E-state index in [4.69, 9.17) is 0 Å². The van der Waals surface area contributed by atoms with Crippen LogP contribution in [0.15, 0.2) is 33.8 Å². The molecule has 0 atom stereocenters. The number of halogens is 1. The summed E-state index contributed by atoms with van der Waals surface area (Å²) in [6.07, 6.45) is 6.07. The molecule has 5 nitrogen and oxygen atoms in total. The van der Waals surface area contributed by atoms with Crippen LogP contribution in [-0.2, 0) is 7.05 Å². The maximum absolute atomic E-state index is 11.9. The summed E-state index contributed by atoms with van der Waals surface area (Å²) in [7, 11) is 1.72. The summed E-state index contributed by atoms with van der Waals surface area (Å²) in [4.78, 5) is 11.9. The van der Waals surface area contributed by atoms with Gasteiger partial charge in [0.05, 0.1) is 6.04 Å². The van der Waals surface area contributed by atoms with Crippen LogP contribution >= 0.6 is 15.9 Å². The topological polar surface area (TPSA) is 51.9 Å². The van der Waals surface area contributed by atoms with Crippen molar-refractivity contribution in [3.05, 3.63) is 39.4 Å². The molecule has 0 amide bonds. The van der Waals surface area contributed by atoms with Crippen molar-refractivity contribution >= 4 is 27.4 Å². The fourth-order valence-electron chi connectivity index (χ4n) is 1.85. The lowest BCUT2D eigenvalue weighted by Crippen LogP contribution is -2.19. The predicted molar refractivity (Wildman–Crippen MR) is 73.2 cm³/mol. The molecular formula is C12H13BrN4O. The van der Waals surface area contributed by atoms with E-state index in [-0.39, 0.29) is 5.56 Å². The van der Waals surface area contributed by atoms with Crippen LogP contribution in [0.25, 0.3) is 0 Å². The molecule has 6 heteroatoms. The minimum absolute atomic E-state index is 0.0702. The van der Waals surface area contributed by atoms with Gasteiger partial charge in [-0.2, -0.15) is 5.10 Å². The lowest BCUT2D eigenvalue weighted by Gasteiger charge is -2.05. The molecule has 1 saturated carbocycles. The minimum atomic E-state index is -0.0702. The van der Waals surface area contributed by atoms with Crippen molar-refractivity contribution in [2.75, 3.05) is 5.32 Å². The van der Waals surface area contributed by atoms with Gasteiger partial charge in [-0.1, -0.05) is 0 Å². The van der Waals surface area contributed by atoms with Crippen LogP contribution in [0.5, 0.6) is 0 Å². The Labute approximate surface area is 113 Å². The van der Waals surface area contributed by atoms with Gasteiger partial charge in [0.2, 0.25) is 0 Å². The third-order valence-corrected chi connectivity index (χ3v) is 3.38. The van der Waals surface area contributed by atoms with Gasteiger partial charge in [-0.15, -0.1) is 0 Å². The van der Waals surface area contributed by atoms with Crippen LogP contribution < -0.4 is 10.9 Å². The molecule has 0 bridgehead atoms. The van der Waals surface area contributed by atoms with Crippen LogP contribution in [0.2, 0.25) is 0 Å². The molecule has 1 fully saturated rings. The third kappa shape index (κ3) is 2.20. The standard InChI is InChI=1S/C12H13BrN4O/c1-16-7-8(13)6-10(12(16)18)14-11-4-5-17(15-11)9-2-3-9/h4-7,9H,2-3H2,1H3,(H,14,15). The SMILES string of the molecule is Cn1cc(Br)cc(Nc2ccn(C3CC3)n2)c1=O. The highest BCUT2D eigenvalue weighted by atomic mass is 79.9. The van der Waals surface area contributed by atoms with Crippen LogP contribution in [0, 0.1) is 0 Å². The molecule has 1 aliphatic carbocycles. The highest BCUT2D eigenvalue weighted by Gasteiger charge is 2.24. The maximum Gasteiger partial charge on any atom is 0.274 e. The van der Waals surface area contributed by atoms with Gasteiger partial charge in [0, 0.05) is 30.0 Å². The van der Waals surface area contributed by atoms with Crippen molar-refractivity contribution in [3.63, 3.8) is 0 Å². The van der Waals surface area contributed by atoms with Crippen molar-refractivity contribution in [2.24, 2.45) is 7.05 Å². The molecule has 0 aliphatic heterocycles. The van der Waals surface area contributed by atoms with Crippen molar-refractivity contribution < 1.29 is 0 Å². The Balaban J connectivity index is 1.89. The molecule has 18 heavy (non-hydrogen) atoms. The molecule has 2 aromatic rings. The number of nitrogens with one attached hydrogen (secondary N) is 1. The molecule has 0 radical (unpaired) electrons. The number of anilines is 2. The molecule has 0 unspecified atom stereocenters. The number of pyridine rings is 1. The lowest BCUT2D eigenvalue weighted by molar-refractivity contribution is 0.644. The average molecular weight is 309 g/mol. The zero-order valence-corrected chi connectivity index (χ0v) is 11.5. The second-order valence-electron chi connectivity index (χ2n) is 4.53. The summed E-state index contributed by atoms with van der Waals surface area (Å²) in [5.74, 6) is 0.706. The number of rotatable bonds is 3. The Bertz CT molecular complexity index is 642. The Hall–Kier alpha value is -1.56. The second-order valence-corrected chi connectivity index (χ2v) is 5.44. The van der Waals surface area contributed by atoms with Gasteiger partial charge in [-0.05, 0) is 34.8 Å². The zero-order chi connectivity index (χ0) is 12.7. The first kappa shape index (κ1) is 11.5. The van der Waals surface area contributed by atoms with E-state index in [2.05, 4.69) is 26.3 Å². The smallest absolute Gasteiger partial charge is 0.274 e.